The molecule has 2 aromatic rings. The number of aromatic nitrogens is 1. The largest absolute Gasteiger partial charge is 0.305 e. The summed E-state index contributed by atoms with van der Waals surface area (Å²) < 4.78 is 0. The van der Waals surface area contributed by atoms with Gasteiger partial charge in [0.2, 0.25) is 0 Å². The molecule has 2 nitrogen and oxygen atoms in total. The average molecular weight is 232 g/mol. The van der Waals surface area contributed by atoms with Crippen LogP contribution < -0.4 is 5.32 Å². The van der Waals surface area contributed by atoms with E-state index in [1.54, 1.807) is 11.3 Å². The number of nitrogens with zero attached hydrogens (tertiary/aromatic N) is 1. The first-order valence-electron chi connectivity index (χ1n) is 5.43. The maximum absolute atomic E-state index is 4.26. The van der Waals surface area contributed by atoms with Gasteiger partial charge in [-0.15, -0.1) is 11.3 Å². The van der Waals surface area contributed by atoms with Crippen molar-refractivity contribution in [2.75, 3.05) is 0 Å². The summed E-state index contributed by atoms with van der Waals surface area (Å²) in [5.41, 5.74) is 5.68. The fraction of sp³-hybridized carbons (Fsp3) is 0.308. The molecule has 1 heterocycles. The summed E-state index contributed by atoms with van der Waals surface area (Å²) in [5, 5.41) is 5.57. The summed E-state index contributed by atoms with van der Waals surface area (Å²) in [6.45, 7) is 5.17. The molecule has 0 aliphatic carbocycles. The first-order valence-corrected chi connectivity index (χ1v) is 6.37. The summed E-state index contributed by atoms with van der Waals surface area (Å²) in [5.74, 6) is 0. The molecule has 1 aromatic carbocycles. The molecule has 1 unspecified atom stereocenters. The van der Waals surface area contributed by atoms with Gasteiger partial charge in [0.15, 0.2) is 0 Å². The molecule has 0 bridgehead atoms. The number of thiazole rings is 1. The van der Waals surface area contributed by atoms with Gasteiger partial charge in [-0.3, -0.25) is 0 Å². The van der Waals surface area contributed by atoms with Gasteiger partial charge < -0.3 is 5.32 Å². The van der Waals surface area contributed by atoms with Crippen LogP contribution in [0, 0.1) is 6.92 Å². The molecule has 0 saturated heterocycles. The zero-order valence-corrected chi connectivity index (χ0v) is 10.4. The van der Waals surface area contributed by atoms with Gasteiger partial charge in [0.05, 0.1) is 11.2 Å². The molecule has 16 heavy (non-hydrogen) atoms. The number of rotatable bonds is 4. The van der Waals surface area contributed by atoms with Crippen LogP contribution in [-0.2, 0) is 6.54 Å². The van der Waals surface area contributed by atoms with Gasteiger partial charge in [-0.25, -0.2) is 4.98 Å². The van der Waals surface area contributed by atoms with Crippen molar-refractivity contribution in [2.45, 2.75) is 26.4 Å². The molecular formula is C13H16N2S. The number of benzene rings is 1. The molecule has 0 radical (unpaired) electrons. The summed E-state index contributed by atoms with van der Waals surface area (Å²) in [6.07, 6.45) is 0. The van der Waals surface area contributed by atoms with Crippen molar-refractivity contribution in [3.63, 3.8) is 0 Å². The van der Waals surface area contributed by atoms with E-state index in [1.165, 1.54) is 11.1 Å². The van der Waals surface area contributed by atoms with Crippen molar-refractivity contribution in [2.24, 2.45) is 0 Å². The minimum absolute atomic E-state index is 0.364. The SMILES string of the molecule is Cc1ccccc1C(C)NCc1cscn1. The van der Waals surface area contributed by atoms with Gasteiger partial charge >= 0.3 is 0 Å². The molecule has 84 valence electrons. The van der Waals surface area contributed by atoms with E-state index in [0.29, 0.717) is 6.04 Å². The second-order valence-electron chi connectivity index (χ2n) is 3.94. The van der Waals surface area contributed by atoms with Crippen molar-refractivity contribution in [3.05, 3.63) is 52.0 Å². The molecule has 0 fully saturated rings. The normalized spacial score (nSPS) is 12.6. The van der Waals surface area contributed by atoms with Crippen molar-refractivity contribution < 1.29 is 0 Å². The van der Waals surface area contributed by atoms with Crippen LogP contribution in [0.4, 0.5) is 0 Å². The Hall–Kier alpha value is -1.19. The van der Waals surface area contributed by atoms with E-state index < -0.39 is 0 Å². The highest BCUT2D eigenvalue weighted by Crippen LogP contribution is 2.17. The third-order valence-corrected chi connectivity index (χ3v) is 3.36. The predicted octanol–water partition coefficient (Wildman–Crippen LogP) is 3.30. The molecule has 3 heteroatoms. The third-order valence-electron chi connectivity index (χ3n) is 2.73. The van der Waals surface area contributed by atoms with Gasteiger partial charge in [0, 0.05) is 18.0 Å². The standard InChI is InChI=1S/C13H16N2S/c1-10-5-3-4-6-13(10)11(2)14-7-12-8-16-9-15-12/h3-6,8-9,11,14H,7H2,1-2H3. The first kappa shape index (κ1) is 11.3. The highest BCUT2D eigenvalue weighted by Gasteiger charge is 2.07. The topological polar surface area (TPSA) is 24.9 Å². The molecule has 2 rings (SSSR count). The van der Waals surface area contributed by atoms with E-state index >= 15 is 0 Å². The molecule has 0 aliphatic rings. The summed E-state index contributed by atoms with van der Waals surface area (Å²) in [6, 6.07) is 8.85. The minimum atomic E-state index is 0.364. The van der Waals surface area contributed by atoms with Crippen LogP contribution in [0.15, 0.2) is 35.2 Å². The van der Waals surface area contributed by atoms with Crippen LogP contribution in [-0.4, -0.2) is 4.98 Å². The third kappa shape index (κ3) is 2.68. The monoisotopic (exact) mass is 232 g/mol. The lowest BCUT2D eigenvalue weighted by Gasteiger charge is -2.15. The minimum Gasteiger partial charge on any atom is -0.305 e. The lowest BCUT2D eigenvalue weighted by Crippen LogP contribution is -2.18. The Balaban J connectivity index is 1.98. The maximum atomic E-state index is 4.26. The van der Waals surface area contributed by atoms with Crippen LogP contribution in [0.2, 0.25) is 0 Å². The molecule has 1 atom stereocenters. The predicted molar refractivity (Wildman–Crippen MR) is 68.5 cm³/mol. The Morgan fingerprint density at radius 2 is 2.19 bits per heavy atom. The van der Waals surface area contributed by atoms with E-state index in [-0.39, 0.29) is 0 Å². The molecular weight excluding hydrogens is 216 g/mol. The van der Waals surface area contributed by atoms with Crippen LogP contribution in [0.5, 0.6) is 0 Å². The molecule has 1 N–H and O–H groups in total. The van der Waals surface area contributed by atoms with E-state index in [9.17, 15) is 0 Å². The van der Waals surface area contributed by atoms with E-state index in [2.05, 4.69) is 53.8 Å². The number of aryl methyl sites for hydroxylation is 1. The summed E-state index contributed by atoms with van der Waals surface area (Å²) >= 11 is 1.64. The van der Waals surface area contributed by atoms with Crippen LogP contribution in [0.3, 0.4) is 0 Å². The maximum Gasteiger partial charge on any atom is 0.0795 e. The molecule has 0 saturated carbocycles. The highest BCUT2D eigenvalue weighted by molar-refractivity contribution is 7.07. The van der Waals surface area contributed by atoms with Crippen molar-refractivity contribution in [1.82, 2.24) is 10.3 Å². The van der Waals surface area contributed by atoms with Gasteiger partial charge in [0.25, 0.3) is 0 Å². The fourth-order valence-corrected chi connectivity index (χ4v) is 2.32. The quantitative estimate of drug-likeness (QED) is 0.875. The van der Waals surface area contributed by atoms with Crippen molar-refractivity contribution in [3.8, 4) is 0 Å². The highest BCUT2D eigenvalue weighted by atomic mass is 32.1. The Kier molecular flexibility index (Phi) is 3.70. The molecule has 0 spiro atoms. The van der Waals surface area contributed by atoms with Gasteiger partial charge in [0.1, 0.15) is 0 Å². The Morgan fingerprint density at radius 3 is 2.88 bits per heavy atom. The zero-order chi connectivity index (χ0) is 11.4. The average Bonchev–Trinajstić information content (AvgIpc) is 2.79. The van der Waals surface area contributed by atoms with Gasteiger partial charge in [-0.1, -0.05) is 24.3 Å². The lowest BCUT2D eigenvalue weighted by atomic mass is 10.0. The molecule has 1 aromatic heterocycles. The molecule has 0 aliphatic heterocycles. The van der Waals surface area contributed by atoms with Crippen LogP contribution in [0.1, 0.15) is 29.8 Å². The number of hydrogen-bond donors (Lipinski definition) is 1. The summed E-state index contributed by atoms with van der Waals surface area (Å²) in [4.78, 5) is 4.26. The molecule has 0 amide bonds. The fourth-order valence-electron chi connectivity index (χ4n) is 1.77. The summed E-state index contributed by atoms with van der Waals surface area (Å²) in [7, 11) is 0. The number of hydrogen-bond acceptors (Lipinski definition) is 3. The first-order chi connectivity index (χ1) is 7.77. The number of nitrogens with one attached hydrogen (secondary N) is 1. The van der Waals surface area contributed by atoms with Crippen molar-refractivity contribution in [1.29, 1.82) is 0 Å². The second kappa shape index (κ2) is 5.23. The van der Waals surface area contributed by atoms with E-state index in [1.807, 2.05) is 5.51 Å². The van der Waals surface area contributed by atoms with Gasteiger partial charge in [-0.2, -0.15) is 0 Å². The Bertz CT molecular complexity index is 437. The zero-order valence-electron chi connectivity index (χ0n) is 9.60. The van der Waals surface area contributed by atoms with Gasteiger partial charge in [-0.05, 0) is 25.0 Å². The van der Waals surface area contributed by atoms with Crippen LogP contribution >= 0.6 is 11.3 Å². The lowest BCUT2D eigenvalue weighted by molar-refractivity contribution is 0.567. The van der Waals surface area contributed by atoms with Crippen molar-refractivity contribution >= 4 is 11.3 Å². The Labute approximate surface area is 100 Å². The smallest absolute Gasteiger partial charge is 0.0795 e. The second-order valence-corrected chi connectivity index (χ2v) is 4.66. The Morgan fingerprint density at radius 1 is 1.38 bits per heavy atom. The van der Waals surface area contributed by atoms with E-state index in [4.69, 9.17) is 0 Å². The van der Waals surface area contributed by atoms with E-state index in [0.717, 1.165) is 12.2 Å². The van der Waals surface area contributed by atoms with Crippen LogP contribution in [0.25, 0.3) is 0 Å².